The Morgan fingerprint density at radius 2 is 2.12 bits per heavy atom. The Kier molecular flexibility index (Phi) is 6.40. The highest BCUT2D eigenvalue weighted by atomic mass is 35.5. The number of ether oxygens (including phenoxy) is 1. The van der Waals surface area contributed by atoms with Gasteiger partial charge in [-0.2, -0.15) is 0 Å². The van der Waals surface area contributed by atoms with Gasteiger partial charge in [0.2, 0.25) is 5.91 Å². The predicted molar refractivity (Wildman–Crippen MR) is 71.7 cm³/mol. The van der Waals surface area contributed by atoms with E-state index in [0.29, 0.717) is 6.54 Å². The summed E-state index contributed by atoms with van der Waals surface area (Å²) in [6.07, 6.45) is -0.393. The summed E-state index contributed by atoms with van der Waals surface area (Å²) in [6, 6.07) is 7.64. The number of carbonyl (C=O) groups excluding carboxylic acids is 1. The number of halogens is 1. The van der Waals surface area contributed by atoms with E-state index in [1.807, 2.05) is 24.3 Å². The molecule has 1 atom stereocenters. The third-order valence-electron chi connectivity index (χ3n) is 2.21. The van der Waals surface area contributed by atoms with Crippen LogP contribution in [0.2, 0.25) is 5.02 Å². The van der Waals surface area contributed by atoms with E-state index < -0.39 is 6.10 Å². The van der Waals surface area contributed by atoms with Crippen LogP contribution in [0.25, 0.3) is 0 Å². The number of hydrogen-bond donors (Lipinski definition) is 1. The minimum atomic E-state index is -0.393. The Hall–Kier alpha value is -0.710. The summed E-state index contributed by atoms with van der Waals surface area (Å²) < 4.78 is 4.91. The van der Waals surface area contributed by atoms with Crippen LogP contribution in [0.5, 0.6) is 0 Å². The number of methoxy groups -OCH3 is 1. The summed E-state index contributed by atoms with van der Waals surface area (Å²) in [6.45, 7) is 2.35. The molecule has 0 heterocycles. The minimum absolute atomic E-state index is 0.0794. The van der Waals surface area contributed by atoms with Crippen molar-refractivity contribution in [2.75, 3.05) is 19.4 Å². The number of amides is 1. The zero-order chi connectivity index (χ0) is 12.7. The van der Waals surface area contributed by atoms with Crippen LogP contribution in [-0.4, -0.2) is 31.4 Å². The van der Waals surface area contributed by atoms with Gasteiger partial charge < -0.3 is 10.1 Å². The van der Waals surface area contributed by atoms with Crippen LogP contribution in [0.4, 0.5) is 0 Å². The Morgan fingerprint density at radius 3 is 2.71 bits per heavy atom. The Balaban J connectivity index is 2.20. The van der Waals surface area contributed by atoms with Gasteiger partial charge in [0, 0.05) is 29.3 Å². The van der Waals surface area contributed by atoms with Gasteiger partial charge in [0.15, 0.2) is 0 Å². The van der Waals surface area contributed by atoms with Gasteiger partial charge in [-0.3, -0.25) is 4.79 Å². The van der Waals surface area contributed by atoms with Crippen LogP contribution in [0.1, 0.15) is 6.92 Å². The van der Waals surface area contributed by atoms with Crippen molar-refractivity contribution in [2.24, 2.45) is 0 Å². The Bertz CT molecular complexity index is 356. The second-order valence-corrected chi connectivity index (χ2v) is 5.08. The van der Waals surface area contributed by atoms with Crippen molar-refractivity contribution in [3.05, 3.63) is 29.3 Å². The lowest BCUT2D eigenvalue weighted by Crippen LogP contribution is -2.35. The van der Waals surface area contributed by atoms with Crippen molar-refractivity contribution in [3.63, 3.8) is 0 Å². The van der Waals surface area contributed by atoms with E-state index in [0.717, 1.165) is 15.7 Å². The number of carbonyl (C=O) groups is 1. The number of nitrogens with one attached hydrogen (secondary N) is 1. The summed E-state index contributed by atoms with van der Waals surface area (Å²) in [5.41, 5.74) is 0. The van der Waals surface area contributed by atoms with Crippen molar-refractivity contribution >= 4 is 29.3 Å². The minimum Gasteiger partial charge on any atom is -0.372 e. The number of benzene rings is 1. The van der Waals surface area contributed by atoms with E-state index in [2.05, 4.69) is 5.32 Å². The third-order valence-corrected chi connectivity index (χ3v) is 3.47. The molecule has 1 amide bonds. The summed E-state index contributed by atoms with van der Waals surface area (Å²) in [5.74, 6) is 0.744. The molecule has 1 unspecified atom stereocenters. The Labute approximate surface area is 111 Å². The smallest absolute Gasteiger partial charge is 0.248 e. The van der Waals surface area contributed by atoms with Gasteiger partial charge in [-0.05, 0) is 31.2 Å². The zero-order valence-electron chi connectivity index (χ0n) is 9.90. The molecule has 1 rings (SSSR count). The molecule has 0 bridgehead atoms. The lowest BCUT2D eigenvalue weighted by atomic mass is 10.4. The molecule has 1 N–H and O–H groups in total. The first-order valence-corrected chi connectivity index (χ1v) is 6.68. The van der Waals surface area contributed by atoms with Crippen molar-refractivity contribution in [3.8, 4) is 0 Å². The van der Waals surface area contributed by atoms with Gasteiger partial charge in [-0.15, -0.1) is 11.8 Å². The van der Waals surface area contributed by atoms with Gasteiger partial charge in [0.1, 0.15) is 6.10 Å². The summed E-state index contributed by atoms with van der Waals surface area (Å²) >= 11 is 7.46. The van der Waals surface area contributed by atoms with Crippen molar-refractivity contribution < 1.29 is 9.53 Å². The Morgan fingerprint density at radius 1 is 1.47 bits per heavy atom. The van der Waals surface area contributed by atoms with Gasteiger partial charge in [0.25, 0.3) is 0 Å². The zero-order valence-corrected chi connectivity index (χ0v) is 11.5. The van der Waals surface area contributed by atoms with E-state index in [4.69, 9.17) is 16.3 Å². The molecule has 5 heteroatoms. The molecule has 0 aromatic heterocycles. The molecule has 94 valence electrons. The highest BCUT2D eigenvalue weighted by Gasteiger charge is 2.09. The fraction of sp³-hybridized carbons (Fsp3) is 0.417. The van der Waals surface area contributed by atoms with E-state index in [9.17, 15) is 4.79 Å². The molecule has 0 aliphatic rings. The standard InChI is InChI=1S/C12H16ClNO2S/c1-9(16-2)12(15)14-7-8-17-11-5-3-10(13)4-6-11/h3-6,9H,7-8H2,1-2H3,(H,14,15). The van der Waals surface area contributed by atoms with Crippen molar-refractivity contribution in [1.82, 2.24) is 5.32 Å². The first-order valence-electron chi connectivity index (χ1n) is 5.32. The second-order valence-electron chi connectivity index (χ2n) is 3.47. The molecule has 0 spiro atoms. The maximum Gasteiger partial charge on any atom is 0.248 e. The monoisotopic (exact) mass is 273 g/mol. The average Bonchev–Trinajstić information content (AvgIpc) is 2.35. The highest BCUT2D eigenvalue weighted by Crippen LogP contribution is 2.19. The van der Waals surface area contributed by atoms with Crippen molar-refractivity contribution in [1.29, 1.82) is 0 Å². The topological polar surface area (TPSA) is 38.3 Å². The van der Waals surface area contributed by atoms with Crippen LogP contribution < -0.4 is 5.32 Å². The van der Waals surface area contributed by atoms with Crippen LogP contribution in [0.3, 0.4) is 0 Å². The lowest BCUT2D eigenvalue weighted by Gasteiger charge is -2.09. The summed E-state index contributed by atoms with van der Waals surface area (Å²) in [5, 5.41) is 3.54. The fourth-order valence-electron chi connectivity index (χ4n) is 1.12. The van der Waals surface area contributed by atoms with E-state index >= 15 is 0 Å². The van der Waals surface area contributed by atoms with Crippen LogP contribution in [-0.2, 0) is 9.53 Å². The van der Waals surface area contributed by atoms with Crippen LogP contribution >= 0.6 is 23.4 Å². The lowest BCUT2D eigenvalue weighted by molar-refractivity contribution is -0.129. The molecule has 0 saturated carbocycles. The molecule has 0 radical (unpaired) electrons. The molecule has 3 nitrogen and oxygen atoms in total. The maximum atomic E-state index is 11.4. The van der Waals surface area contributed by atoms with Crippen LogP contribution in [0, 0.1) is 0 Å². The molecular weight excluding hydrogens is 258 g/mol. The SMILES string of the molecule is COC(C)C(=O)NCCSc1ccc(Cl)cc1. The first kappa shape index (κ1) is 14.4. The molecule has 0 fully saturated rings. The quantitative estimate of drug-likeness (QED) is 0.640. The van der Waals surface area contributed by atoms with E-state index in [-0.39, 0.29) is 5.91 Å². The second kappa shape index (κ2) is 7.58. The van der Waals surface area contributed by atoms with Gasteiger partial charge in [-0.1, -0.05) is 11.6 Å². The number of thioether (sulfide) groups is 1. The fourth-order valence-corrected chi connectivity index (χ4v) is 2.02. The molecule has 1 aromatic carbocycles. The van der Waals surface area contributed by atoms with E-state index in [1.165, 1.54) is 7.11 Å². The third kappa shape index (κ3) is 5.44. The molecule has 0 aliphatic carbocycles. The van der Waals surface area contributed by atoms with Gasteiger partial charge >= 0.3 is 0 Å². The van der Waals surface area contributed by atoms with Gasteiger partial charge in [-0.25, -0.2) is 0 Å². The number of rotatable bonds is 6. The largest absolute Gasteiger partial charge is 0.372 e. The van der Waals surface area contributed by atoms with Crippen molar-refractivity contribution in [2.45, 2.75) is 17.9 Å². The average molecular weight is 274 g/mol. The van der Waals surface area contributed by atoms with E-state index in [1.54, 1.807) is 18.7 Å². The molecular formula is C12H16ClNO2S. The first-order chi connectivity index (χ1) is 8.13. The molecule has 0 saturated heterocycles. The van der Waals surface area contributed by atoms with Crippen LogP contribution in [0.15, 0.2) is 29.2 Å². The van der Waals surface area contributed by atoms with Gasteiger partial charge in [0.05, 0.1) is 0 Å². The molecule has 1 aromatic rings. The summed E-state index contributed by atoms with van der Waals surface area (Å²) in [4.78, 5) is 12.5. The molecule has 17 heavy (non-hydrogen) atoms. The highest BCUT2D eigenvalue weighted by molar-refractivity contribution is 7.99. The normalized spacial score (nSPS) is 12.2. The maximum absolute atomic E-state index is 11.4. The molecule has 0 aliphatic heterocycles. The number of hydrogen-bond acceptors (Lipinski definition) is 3. The predicted octanol–water partition coefficient (Wildman–Crippen LogP) is 2.58. The summed E-state index contributed by atoms with van der Waals surface area (Å²) in [7, 11) is 1.52.